The van der Waals surface area contributed by atoms with Crippen molar-refractivity contribution in [1.82, 2.24) is 9.97 Å². The fourth-order valence-corrected chi connectivity index (χ4v) is 5.46. The van der Waals surface area contributed by atoms with Crippen LogP contribution in [0.4, 0.5) is 11.4 Å². The van der Waals surface area contributed by atoms with Crippen LogP contribution in [0.2, 0.25) is 0 Å². The first-order valence-electron chi connectivity index (χ1n) is 15.9. The number of aliphatic carboxylic acids is 1. The molecule has 0 unspecified atom stereocenters. The van der Waals surface area contributed by atoms with Crippen molar-refractivity contribution in [3.05, 3.63) is 162 Å². The lowest BCUT2D eigenvalue weighted by Gasteiger charge is -2.22. The molecule has 9 nitrogen and oxygen atoms in total. The highest BCUT2D eigenvalue weighted by Crippen LogP contribution is 2.23. The summed E-state index contributed by atoms with van der Waals surface area (Å²) in [7, 11) is 0. The van der Waals surface area contributed by atoms with Crippen molar-refractivity contribution in [3.63, 3.8) is 0 Å². The number of ketones is 1. The minimum absolute atomic E-state index is 0.187. The number of hydrogen-bond acceptors (Lipinski definition) is 7. The van der Waals surface area contributed by atoms with E-state index in [9.17, 15) is 19.5 Å². The predicted octanol–water partition coefficient (Wildman–Crippen LogP) is 7.08. The Kier molecular flexibility index (Phi) is 10.3. The molecule has 0 aliphatic carbocycles. The number of anilines is 2. The summed E-state index contributed by atoms with van der Waals surface area (Å²) in [6.07, 6.45) is 2.25. The lowest BCUT2D eigenvalue weighted by atomic mass is 10.00. The lowest BCUT2D eigenvalue weighted by Crippen LogP contribution is -2.33. The molecule has 1 atom stereocenters. The van der Waals surface area contributed by atoms with E-state index in [1.54, 1.807) is 65.6 Å². The molecule has 0 bridgehead atoms. The van der Waals surface area contributed by atoms with Gasteiger partial charge in [-0.25, -0.2) is 9.78 Å². The van der Waals surface area contributed by atoms with E-state index in [2.05, 4.69) is 15.3 Å². The van der Waals surface area contributed by atoms with Crippen LogP contribution in [-0.2, 0) is 11.2 Å². The van der Waals surface area contributed by atoms with Crippen LogP contribution in [0.25, 0.3) is 11.0 Å². The molecule has 5 aromatic carbocycles. The summed E-state index contributed by atoms with van der Waals surface area (Å²) in [6.45, 7) is 0.751. The van der Waals surface area contributed by atoms with E-state index >= 15 is 0 Å². The molecule has 244 valence electrons. The number of carboxylic acids is 1. The summed E-state index contributed by atoms with van der Waals surface area (Å²) in [5, 5.41) is 13.1. The van der Waals surface area contributed by atoms with Crippen LogP contribution < -0.4 is 15.0 Å². The van der Waals surface area contributed by atoms with Crippen molar-refractivity contribution in [2.45, 2.75) is 18.9 Å². The first-order chi connectivity index (χ1) is 24.0. The Morgan fingerprint density at radius 2 is 1.41 bits per heavy atom. The second-order valence-corrected chi connectivity index (χ2v) is 11.4. The fraction of sp³-hybridized carbons (Fsp3) is 0.125. The lowest BCUT2D eigenvalue weighted by molar-refractivity contribution is -0.137. The van der Waals surface area contributed by atoms with E-state index < -0.39 is 12.0 Å². The molecule has 0 aliphatic heterocycles. The maximum Gasteiger partial charge on any atom is 0.326 e. The van der Waals surface area contributed by atoms with E-state index in [1.807, 2.05) is 72.8 Å². The van der Waals surface area contributed by atoms with Crippen LogP contribution in [0.1, 0.15) is 38.4 Å². The second kappa shape index (κ2) is 15.5. The third kappa shape index (κ3) is 8.15. The molecular formula is C40H34N4O5. The number of rotatable bonds is 14. The number of ether oxygens (including phenoxy) is 1. The third-order valence-electron chi connectivity index (χ3n) is 7.97. The first-order valence-corrected chi connectivity index (χ1v) is 15.9. The van der Waals surface area contributed by atoms with Gasteiger partial charge in [0.15, 0.2) is 5.78 Å². The summed E-state index contributed by atoms with van der Waals surface area (Å²) >= 11 is 0. The van der Waals surface area contributed by atoms with Gasteiger partial charge in [-0.15, -0.1) is 0 Å². The van der Waals surface area contributed by atoms with Crippen molar-refractivity contribution in [2.75, 3.05) is 23.4 Å². The van der Waals surface area contributed by atoms with Gasteiger partial charge in [0, 0.05) is 35.5 Å². The van der Waals surface area contributed by atoms with Crippen molar-refractivity contribution in [3.8, 4) is 5.75 Å². The van der Waals surface area contributed by atoms with Gasteiger partial charge in [-0.2, -0.15) is 0 Å². The second-order valence-electron chi connectivity index (χ2n) is 11.4. The molecule has 1 heterocycles. The summed E-state index contributed by atoms with van der Waals surface area (Å²) < 4.78 is 5.99. The molecule has 6 rings (SSSR count). The fourth-order valence-electron chi connectivity index (χ4n) is 5.46. The van der Waals surface area contributed by atoms with E-state index in [0.717, 1.165) is 16.8 Å². The van der Waals surface area contributed by atoms with Crippen LogP contribution in [0.3, 0.4) is 0 Å². The average molecular weight is 651 g/mol. The standard InChI is InChI=1S/C40H34N4O5/c45-38(29-12-3-1-4-13-29)32-16-7-8-17-33(32)42-36(40(47)48)26-28-20-22-31(23-21-28)49-25-11-24-44(30-14-5-2-6-15-30)39(46)37-27-41-34-18-9-10-19-35(34)43-37/h1-10,12-23,27,36,42H,11,24-26H2,(H,47,48)/t36-/m0/s1. The van der Waals surface area contributed by atoms with E-state index in [-0.39, 0.29) is 23.8 Å². The number of aromatic nitrogens is 2. The van der Waals surface area contributed by atoms with Crippen molar-refractivity contribution in [1.29, 1.82) is 0 Å². The van der Waals surface area contributed by atoms with E-state index in [4.69, 9.17) is 4.74 Å². The topological polar surface area (TPSA) is 122 Å². The van der Waals surface area contributed by atoms with Gasteiger partial charge >= 0.3 is 5.97 Å². The average Bonchev–Trinajstić information content (AvgIpc) is 3.15. The Morgan fingerprint density at radius 3 is 2.14 bits per heavy atom. The monoisotopic (exact) mass is 650 g/mol. The number of fused-ring (bicyclic) bond motifs is 1. The molecule has 1 amide bonds. The van der Waals surface area contributed by atoms with Crippen LogP contribution in [-0.4, -0.2) is 51.9 Å². The largest absolute Gasteiger partial charge is 0.494 e. The van der Waals surface area contributed by atoms with Crippen LogP contribution in [0, 0.1) is 0 Å². The summed E-state index contributed by atoms with van der Waals surface area (Å²) in [4.78, 5) is 49.6. The highest BCUT2D eigenvalue weighted by Gasteiger charge is 2.22. The van der Waals surface area contributed by atoms with Gasteiger partial charge in [-0.3, -0.25) is 14.6 Å². The van der Waals surface area contributed by atoms with Crippen LogP contribution >= 0.6 is 0 Å². The highest BCUT2D eigenvalue weighted by molar-refractivity contribution is 6.12. The molecule has 1 aromatic heterocycles. The maximum absolute atomic E-state index is 13.6. The number of benzene rings is 5. The van der Waals surface area contributed by atoms with Crippen LogP contribution in [0.15, 0.2) is 140 Å². The summed E-state index contributed by atoms with van der Waals surface area (Å²) in [5.74, 6) is -0.842. The Hall–Kier alpha value is -6.35. The number of nitrogens with zero attached hydrogens (tertiary/aromatic N) is 3. The zero-order chi connectivity index (χ0) is 34.0. The molecule has 0 saturated heterocycles. The zero-order valence-electron chi connectivity index (χ0n) is 26.6. The summed E-state index contributed by atoms with van der Waals surface area (Å²) in [6, 6.07) is 38.9. The van der Waals surface area contributed by atoms with Gasteiger partial charge in [0.05, 0.1) is 23.8 Å². The van der Waals surface area contributed by atoms with Gasteiger partial charge < -0.3 is 20.1 Å². The molecule has 49 heavy (non-hydrogen) atoms. The minimum atomic E-state index is -1.03. The number of nitrogens with one attached hydrogen (secondary N) is 1. The highest BCUT2D eigenvalue weighted by atomic mass is 16.5. The molecule has 9 heteroatoms. The Balaban J connectivity index is 1.06. The number of para-hydroxylation sites is 4. The molecule has 0 saturated carbocycles. The van der Waals surface area contributed by atoms with E-state index in [0.29, 0.717) is 47.7 Å². The smallest absolute Gasteiger partial charge is 0.326 e. The normalized spacial score (nSPS) is 11.4. The van der Waals surface area contributed by atoms with Gasteiger partial charge in [-0.05, 0) is 60.5 Å². The molecule has 2 N–H and O–H groups in total. The Labute approximate surface area is 283 Å². The van der Waals surface area contributed by atoms with Crippen molar-refractivity contribution in [2.24, 2.45) is 0 Å². The van der Waals surface area contributed by atoms with Crippen molar-refractivity contribution < 1.29 is 24.2 Å². The molecule has 0 aliphatic rings. The molecular weight excluding hydrogens is 616 g/mol. The van der Waals surface area contributed by atoms with Gasteiger partial charge in [0.2, 0.25) is 0 Å². The minimum Gasteiger partial charge on any atom is -0.494 e. The number of amides is 1. The summed E-state index contributed by atoms with van der Waals surface area (Å²) in [5.41, 5.74) is 4.57. The molecule has 6 aromatic rings. The third-order valence-corrected chi connectivity index (χ3v) is 7.97. The SMILES string of the molecule is O=C(c1ccccc1)c1ccccc1N[C@@H](Cc1ccc(OCCCN(C(=O)c2cnc3ccccc3n2)c2ccccc2)cc1)C(=O)O. The van der Waals surface area contributed by atoms with Gasteiger partial charge in [-0.1, -0.05) is 84.9 Å². The van der Waals surface area contributed by atoms with Gasteiger partial charge in [0.1, 0.15) is 17.5 Å². The maximum atomic E-state index is 13.6. The Bertz CT molecular complexity index is 2050. The number of hydrogen-bond donors (Lipinski definition) is 2. The predicted molar refractivity (Wildman–Crippen MR) is 189 cm³/mol. The number of carboxylic acid groups (broad SMARTS) is 1. The molecule has 0 fully saturated rings. The van der Waals surface area contributed by atoms with Gasteiger partial charge in [0.25, 0.3) is 5.91 Å². The first kappa shape index (κ1) is 32.6. The quantitative estimate of drug-likeness (QED) is 0.0947. The molecule has 0 spiro atoms. The number of carbonyl (C=O) groups excluding carboxylic acids is 2. The molecule has 0 radical (unpaired) electrons. The van der Waals surface area contributed by atoms with E-state index in [1.165, 1.54) is 6.20 Å². The number of carbonyl (C=O) groups is 3. The van der Waals surface area contributed by atoms with Crippen molar-refractivity contribution >= 4 is 40.1 Å². The van der Waals surface area contributed by atoms with Crippen LogP contribution in [0.5, 0.6) is 5.75 Å². The Morgan fingerprint density at radius 1 is 0.755 bits per heavy atom. The zero-order valence-corrected chi connectivity index (χ0v) is 26.6.